The summed E-state index contributed by atoms with van der Waals surface area (Å²) >= 11 is 0. The molecule has 3 N–H and O–H groups in total. The molecule has 5 nitrogen and oxygen atoms in total. The van der Waals surface area contributed by atoms with E-state index in [2.05, 4.69) is 5.32 Å². The zero-order chi connectivity index (χ0) is 13.7. The van der Waals surface area contributed by atoms with E-state index in [9.17, 15) is 9.59 Å². The SMILES string of the molecule is Cc1ccc(N)cc1C(=O)NCCC(=O)N(C)C.Cl. The minimum atomic E-state index is -0.202. The van der Waals surface area contributed by atoms with Crippen molar-refractivity contribution in [3.8, 4) is 0 Å². The fraction of sp³-hybridized carbons (Fsp3) is 0.385. The number of hydrogen-bond donors (Lipinski definition) is 2. The van der Waals surface area contributed by atoms with Crippen LogP contribution in [0.4, 0.5) is 5.69 Å². The first-order valence-corrected chi connectivity index (χ1v) is 5.76. The van der Waals surface area contributed by atoms with Crippen molar-refractivity contribution in [3.63, 3.8) is 0 Å². The van der Waals surface area contributed by atoms with Gasteiger partial charge in [0.1, 0.15) is 0 Å². The third kappa shape index (κ3) is 5.18. The van der Waals surface area contributed by atoms with Crippen molar-refractivity contribution in [2.75, 3.05) is 26.4 Å². The van der Waals surface area contributed by atoms with Gasteiger partial charge in [0.15, 0.2) is 0 Å². The van der Waals surface area contributed by atoms with Crippen LogP contribution in [0.1, 0.15) is 22.3 Å². The molecule has 0 aliphatic rings. The molecule has 0 aromatic heterocycles. The van der Waals surface area contributed by atoms with E-state index in [1.807, 2.05) is 6.92 Å². The molecule has 1 rings (SSSR count). The molecule has 0 spiro atoms. The Morgan fingerprint density at radius 3 is 2.53 bits per heavy atom. The van der Waals surface area contributed by atoms with Crippen LogP contribution in [0.2, 0.25) is 0 Å². The van der Waals surface area contributed by atoms with Gasteiger partial charge in [-0.25, -0.2) is 0 Å². The monoisotopic (exact) mass is 285 g/mol. The Morgan fingerprint density at radius 1 is 1.32 bits per heavy atom. The number of carbonyl (C=O) groups excluding carboxylic acids is 2. The first-order chi connectivity index (χ1) is 8.41. The molecule has 0 aliphatic heterocycles. The van der Waals surface area contributed by atoms with Gasteiger partial charge < -0.3 is 16.0 Å². The summed E-state index contributed by atoms with van der Waals surface area (Å²) < 4.78 is 0. The lowest BCUT2D eigenvalue weighted by atomic mass is 10.1. The number of nitrogen functional groups attached to an aromatic ring is 1. The number of rotatable bonds is 4. The molecule has 1 aromatic carbocycles. The Labute approximate surface area is 119 Å². The van der Waals surface area contributed by atoms with E-state index >= 15 is 0 Å². The number of aryl methyl sites for hydroxylation is 1. The fourth-order valence-electron chi connectivity index (χ4n) is 1.49. The number of nitrogens with one attached hydrogen (secondary N) is 1. The van der Waals surface area contributed by atoms with Gasteiger partial charge in [-0.3, -0.25) is 9.59 Å². The van der Waals surface area contributed by atoms with Crippen molar-refractivity contribution in [2.24, 2.45) is 0 Å². The van der Waals surface area contributed by atoms with Crippen LogP contribution >= 0.6 is 12.4 Å². The summed E-state index contributed by atoms with van der Waals surface area (Å²) in [4.78, 5) is 24.7. The number of halogens is 1. The first-order valence-electron chi connectivity index (χ1n) is 5.76. The van der Waals surface area contributed by atoms with Crippen LogP contribution in [0.3, 0.4) is 0 Å². The van der Waals surface area contributed by atoms with Crippen LogP contribution < -0.4 is 11.1 Å². The van der Waals surface area contributed by atoms with Crippen molar-refractivity contribution in [2.45, 2.75) is 13.3 Å². The summed E-state index contributed by atoms with van der Waals surface area (Å²) in [5.74, 6) is -0.217. The van der Waals surface area contributed by atoms with Gasteiger partial charge in [0, 0.05) is 38.3 Å². The number of nitrogens with two attached hydrogens (primary N) is 1. The normalized spacial score (nSPS) is 9.42. The summed E-state index contributed by atoms with van der Waals surface area (Å²) in [6.07, 6.45) is 0.292. The van der Waals surface area contributed by atoms with E-state index in [1.54, 1.807) is 32.3 Å². The molecule has 0 unspecified atom stereocenters. The average Bonchev–Trinajstić information content (AvgIpc) is 2.31. The highest BCUT2D eigenvalue weighted by Gasteiger charge is 2.10. The minimum Gasteiger partial charge on any atom is -0.399 e. The van der Waals surface area contributed by atoms with Crippen LogP contribution in [0.5, 0.6) is 0 Å². The Kier molecular flexibility index (Phi) is 6.93. The molecule has 0 aliphatic carbocycles. The average molecular weight is 286 g/mol. The Hall–Kier alpha value is -1.75. The minimum absolute atomic E-state index is 0. The van der Waals surface area contributed by atoms with Crippen molar-refractivity contribution in [1.29, 1.82) is 0 Å². The molecule has 1 aromatic rings. The van der Waals surface area contributed by atoms with Crippen molar-refractivity contribution in [1.82, 2.24) is 10.2 Å². The maximum atomic E-state index is 11.9. The van der Waals surface area contributed by atoms with Gasteiger partial charge in [0.05, 0.1) is 0 Å². The number of nitrogens with zero attached hydrogens (tertiary/aromatic N) is 1. The largest absolute Gasteiger partial charge is 0.399 e. The molecule has 2 amide bonds. The van der Waals surface area contributed by atoms with Crippen LogP contribution in [0.25, 0.3) is 0 Å². The van der Waals surface area contributed by atoms with E-state index < -0.39 is 0 Å². The van der Waals surface area contributed by atoms with Crippen molar-refractivity contribution < 1.29 is 9.59 Å². The number of anilines is 1. The molecular formula is C13H20ClN3O2. The van der Waals surface area contributed by atoms with Crippen LogP contribution in [-0.2, 0) is 4.79 Å². The number of amides is 2. The Balaban J connectivity index is 0.00000324. The van der Waals surface area contributed by atoms with Gasteiger partial charge in [-0.1, -0.05) is 6.07 Å². The smallest absolute Gasteiger partial charge is 0.251 e. The molecule has 0 bridgehead atoms. The first kappa shape index (κ1) is 17.2. The van der Waals surface area contributed by atoms with Gasteiger partial charge in [-0.05, 0) is 24.6 Å². The second kappa shape index (κ2) is 7.63. The van der Waals surface area contributed by atoms with Gasteiger partial charge in [-0.2, -0.15) is 0 Å². The fourth-order valence-corrected chi connectivity index (χ4v) is 1.49. The molecule has 0 saturated carbocycles. The van der Waals surface area contributed by atoms with Crippen LogP contribution in [-0.4, -0.2) is 37.4 Å². The maximum Gasteiger partial charge on any atom is 0.251 e. The summed E-state index contributed by atoms with van der Waals surface area (Å²) in [5.41, 5.74) is 7.60. The number of hydrogen-bond acceptors (Lipinski definition) is 3. The Morgan fingerprint density at radius 2 is 1.95 bits per heavy atom. The lowest BCUT2D eigenvalue weighted by Crippen LogP contribution is -2.30. The lowest BCUT2D eigenvalue weighted by Gasteiger charge is -2.11. The zero-order valence-electron chi connectivity index (χ0n) is 11.4. The molecule has 0 radical (unpaired) electrons. The molecular weight excluding hydrogens is 266 g/mol. The predicted octanol–water partition coefficient (Wildman–Crippen LogP) is 1.21. The molecule has 19 heavy (non-hydrogen) atoms. The van der Waals surface area contributed by atoms with Gasteiger partial charge in [0.2, 0.25) is 5.91 Å². The second-order valence-electron chi connectivity index (χ2n) is 4.37. The van der Waals surface area contributed by atoms with E-state index in [4.69, 9.17) is 5.73 Å². The van der Waals surface area contributed by atoms with E-state index in [-0.39, 0.29) is 24.2 Å². The van der Waals surface area contributed by atoms with E-state index in [1.165, 1.54) is 4.90 Å². The third-order valence-electron chi connectivity index (χ3n) is 2.63. The number of carbonyl (C=O) groups is 2. The molecule has 0 heterocycles. The van der Waals surface area contributed by atoms with Gasteiger partial charge in [-0.15, -0.1) is 12.4 Å². The van der Waals surface area contributed by atoms with Gasteiger partial charge in [0.25, 0.3) is 5.91 Å². The number of benzene rings is 1. The Bertz CT molecular complexity index is 461. The van der Waals surface area contributed by atoms with Crippen molar-refractivity contribution >= 4 is 29.9 Å². The van der Waals surface area contributed by atoms with E-state index in [0.29, 0.717) is 24.2 Å². The summed E-state index contributed by atoms with van der Waals surface area (Å²) in [6, 6.07) is 5.19. The van der Waals surface area contributed by atoms with E-state index in [0.717, 1.165) is 5.56 Å². The van der Waals surface area contributed by atoms with Crippen molar-refractivity contribution in [3.05, 3.63) is 29.3 Å². The third-order valence-corrected chi connectivity index (χ3v) is 2.63. The quantitative estimate of drug-likeness (QED) is 0.817. The topological polar surface area (TPSA) is 75.4 Å². The molecule has 0 atom stereocenters. The summed E-state index contributed by atoms with van der Waals surface area (Å²) in [7, 11) is 3.37. The molecule has 0 saturated heterocycles. The highest BCUT2D eigenvalue weighted by atomic mass is 35.5. The predicted molar refractivity (Wildman–Crippen MR) is 78.5 cm³/mol. The highest BCUT2D eigenvalue weighted by molar-refractivity contribution is 5.96. The molecule has 6 heteroatoms. The van der Waals surface area contributed by atoms with Crippen LogP contribution in [0.15, 0.2) is 18.2 Å². The summed E-state index contributed by atoms with van der Waals surface area (Å²) in [6.45, 7) is 2.17. The highest BCUT2D eigenvalue weighted by Crippen LogP contribution is 2.12. The second-order valence-corrected chi connectivity index (χ2v) is 4.37. The van der Waals surface area contributed by atoms with Crippen LogP contribution in [0, 0.1) is 6.92 Å². The zero-order valence-corrected chi connectivity index (χ0v) is 12.2. The standard InChI is InChI=1S/C13H19N3O2.ClH/c1-9-4-5-10(14)8-11(9)13(18)15-7-6-12(17)16(2)3;/h4-5,8H,6-7,14H2,1-3H3,(H,15,18);1H. The lowest BCUT2D eigenvalue weighted by molar-refractivity contribution is -0.128. The maximum absolute atomic E-state index is 11.9. The summed E-state index contributed by atoms with van der Waals surface area (Å²) in [5, 5.41) is 2.71. The van der Waals surface area contributed by atoms with Gasteiger partial charge >= 0.3 is 0 Å². The molecule has 106 valence electrons. The molecule has 0 fully saturated rings.